The Morgan fingerprint density at radius 3 is 1.70 bits per heavy atom. The Balaban J connectivity index is 3.48. The Morgan fingerprint density at radius 2 is 1.25 bits per heavy atom. The van der Waals surface area contributed by atoms with Crippen LogP contribution in [0.4, 0.5) is 0 Å². The summed E-state index contributed by atoms with van der Waals surface area (Å²) in [7, 11) is 0. The molecule has 120 valence electrons. The van der Waals surface area contributed by atoms with Gasteiger partial charge < -0.3 is 10.2 Å². The van der Waals surface area contributed by atoms with E-state index in [1.807, 2.05) is 0 Å². The molecular formula is C17H34O3. The molecule has 20 heavy (non-hydrogen) atoms. The van der Waals surface area contributed by atoms with Gasteiger partial charge in [0.1, 0.15) is 0 Å². The van der Waals surface area contributed by atoms with Crippen molar-refractivity contribution in [2.45, 2.75) is 90.4 Å². The van der Waals surface area contributed by atoms with Crippen molar-refractivity contribution in [2.24, 2.45) is 5.92 Å². The van der Waals surface area contributed by atoms with Crippen LogP contribution in [0.25, 0.3) is 0 Å². The van der Waals surface area contributed by atoms with Crippen LogP contribution < -0.4 is 0 Å². The molecule has 0 aliphatic carbocycles. The predicted octanol–water partition coefficient (Wildman–Crippen LogP) is 4.77. The summed E-state index contributed by atoms with van der Waals surface area (Å²) < 4.78 is 0. The normalized spacial score (nSPS) is 12.5. The molecule has 0 bridgehead atoms. The second-order valence-corrected chi connectivity index (χ2v) is 5.87. The maximum atomic E-state index is 11.2. The molecule has 1 atom stereocenters. The van der Waals surface area contributed by atoms with E-state index in [-0.39, 0.29) is 5.92 Å². The third-order valence-corrected chi connectivity index (χ3v) is 3.97. The van der Waals surface area contributed by atoms with Gasteiger partial charge in [0.2, 0.25) is 0 Å². The van der Waals surface area contributed by atoms with E-state index >= 15 is 0 Å². The van der Waals surface area contributed by atoms with Crippen molar-refractivity contribution in [3.63, 3.8) is 0 Å². The van der Waals surface area contributed by atoms with Crippen molar-refractivity contribution in [1.29, 1.82) is 0 Å². The SMILES string of the molecule is CCCCCCC(CCCCCCCCCO)C(=O)O. The number of carboxylic acids is 1. The number of hydrogen-bond donors (Lipinski definition) is 2. The number of aliphatic hydroxyl groups excluding tert-OH is 1. The summed E-state index contributed by atoms with van der Waals surface area (Å²) in [5, 5.41) is 17.9. The minimum Gasteiger partial charge on any atom is -0.481 e. The minimum atomic E-state index is -0.607. The first-order valence-corrected chi connectivity index (χ1v) is 8.56. The first kappa shape index (κ1) is 19.4. The molecule has 0 aromatic heterocycles. The van der Waals surface area contributed by atoms with Gasteiger partial charge in [-0.25, -0.2) is 0 Å². The van der Waals surface area contributed by atoms with Crippen molar-refractivity contribution >= 4 is 5.97 Å². The van der Waals surface area contributed by atoms with Crippen LogP contribution in [-0.2, 0) is 4.79 Å². The lowest BCUT2D eigenvalue weighted by molar-refractivity contribution is -0.142. The molecule has 0 amide bonds. The summed E-state index contributed by atoms with van der Waals surface area (Å²) in [5.41, 5.74) is 0. The van der Waals surface area contributed by atoms with E-state index in [4.69, 9.17) is 5.11 Å². The van der Waals surface area contributed by atoms with Crippen molar-refractivity contribution < 1.29 is 15.0 Å². The highest BCUT2D eigenvalue weighted by Crippen LogP contribution is 2.19. The van der Waals surface area contributed by atoms with Gasteiger partial charge in [-0.1, -0.05) is 71.1 Å². The molecule has 2 N–H and O–H groups in total. The minimum absolute atomic E-state index is 0.124. The average molecular weight is 286 g/mol. The number of unbranched alkanes of at least 4 members (excludes halogenated alkanes) is 9. The molecule has 0 radical (unpaired) electrons. The van der Waals surface area contributed by atoms with Gasteiger partial charge in [0.15, 0.2) is 0 Å². The first-order chi connectivity index (χ1) is 9.72. The van der Waals surface area contributed by atoms with Crippen LogP contribution in [0.3, 0.4) is 0 Å². The molecule has 3 heteroatoms. The molecule has 0 aliphatic rings. The molecule has 0 saturated carbocycles. The number of carbonyl (C=O) groups is 1. The smallest absolute Gasteiger partial charge is 0.306 e. The fraction of sp³-hybridized carbons (Fsp3) is 0.941. The quantitative estimate of drug-likeness (QED) is 0.426. The van der Waals surface area contributed by atoms with Crippen LogP contribution in [0.1, 0.15) is 90.4 Å². The molecule has 0 fully saturated rings. The van der Waals surface area contributed by atoms with Crippen molar-refractivity contribution in [2.75, 3.05) is 6.61 Å². The van der Waals surface area contributed by atoms with E-state index in [1.54, 1.807) is 0 Å². The Bertz CT molecular complexity index is 216. The molecule has 1 unspecified atom stereocenters. The van der Waals surface area contributed by atoms with E-state index in [9.17, 15) is 9.90 Å². The summed E-state index contributed by atoms with van der Waals surface area (Å²) in [6, 6.07) is 0. The Kier molecular flexibility index (Phi) is 14.4. The lowest BCUT2D eigenvalue weighted by atomic mass is 9.94. The van der Waals surface area contributed by atoms with Gasteiger partial charge in [-0.2, -0.15) is 0 Å². The first-order valence-electron chi connectivity index (χ1n) is 8.56. The summed E-state index contributed by atoms with van der Waals surface area (Å²) in [5.74, 6) is -0.731. The fourth-order valence-electron chi connectivity index (χ4n) is 2.60. The molecule has 0 spiro atoms. The standard InChI is InChI=1S/C17H34O3/c1-2-3-4-10-13-16(17(19)20)14-11-8-6-5-7-9-12-15-18/h16,18H,2-15H2,1H3,(H,19,20). The number of rotatable bonds is 15. The summed E-state index contributed by atoms with van der Waals surface area (Å²) in [4.78, 5) is 11.2. The van der Waals surface area contributed by atoms with Crippen LogP contribution >= 0.6 is 0 Å². The van der Waals surface area contributed by atoms with Gasteiger partial charge >= 0.3 is 5.97 Å². The molecule has 0 aromatic rings. The van der Waals surface area contributed by atoms with E-state index in [0.29, 0.717) is 6.61 Å². The zero-order chi connectivity index (χ0) is 15.1. The van der Waals surface area contributed by atoms with Gasteiger partial charge in [0.25, 0.3) is 0 Å². The summed E-state index contributed by atoms with van der Waals surface area (Å²) in [6.07, 6.45) is 14.2. The topological polar surface area (TPSA) is 57.5 Å². The second-order valence-electron chi connectivity index (χ2n) is 5.87. The summed E-state index contributed by atoms with van der Waals surface area (Å²) >= 11 is 0. The predicted molar refractivity (Wildman–Crippen MR) is 83.9 cm³/mol. The molecule has 0 saturated heterocycles. The lowest BCUT2D eigenvalue weighted by Crippen LogP contribution is -2.13. The third kappa shape index (κ3) is 12.5. The van der Waals surface area contributed by atoms with Gasteiger partial charge in [-0.05, 0) is 19.3 Å². The molecule has 0 heterocycles. The van der Waals surface area contributed by atoms with Crippen molar-refractivity contribution in [3.05, 3.63) is 0 Å². The molecule has 0 aliphatic heterocycles. The Morgan fingerprint density at radius 1 is 0.800 bits per heavy atom. The van der Waals surface area contributed by atoms with Crippen LogP contribution in [0, 0.1) is 5.92 Å². The lowest BCUT2D eigenvalue weighted by Gasteiger charge is -2.11. The van der Waals surface area contributed by atoms with Gasteiger partial charge in [0.05, 0.1) is 5.92 Å². The van der Waals surface area contributed by atoms with Crippen LogP contribution in [0.15, 0.2) is 0 Å². The van der Waals surface area contributed by atoms with Crippen LogP contribution in [-0.4, -0.2) is 22.8 Å². The Labute approximate surface area is 124 Å². The number of hydrogen-bond acceptors (Lipinski definition) is 2. The highest BCUT2D eigenvalue weighted by atomic mass is 16.4. The van der Waals surface area contributed by atoms with Crippen LogP contribution in [0.2, 0.25) is 0 Å². The van der Waals surface area contributed by atoms with E-state index < -0.39 is 5.97 Å². The van der Waals surface area contributed by atoms with E-state index in [2.05, 4.69) is 6.92 Å². The average Bonchev–Trinajstić information content (AvgIpc) is 2.43. The highest BCUT2D eigenvalue weighted by molar-refractivity contribution is 5.69. The highest BCUT2D eigenvalue weighted by Gasteiger charge is 2.15. The molecule has 0 aromatic carbocycles. The fourth-order valence-corrected chi connectivity index (χ4v) is 2.60. The monoisotopic (exact) mass is 286 g/mol. The van der Waals surface area contributed by atoms with Crippen molar-refractivity contribution in [1.82, 2.24) is 0 Å². The largest absolute Gasteiger partial charge is 0.481 e. The van der Waals surface area contributed by atoms with E-state index in [1.165, 1.54) is 38.5 Å². The number of aliphatic hydroxyl groups is 1. The Hall–Kier alpha value is -0.570. The molecular weight excluding hydrogens is 252 g/mol. The zero-order valence-corrected chi connectivity index (χ0v) is 13.3. The molecule has 0 rings (SSSR count). The van der Waals surface area contributed by atoms with Crippen molar-refractivity contribution in [3.8, 4) is 0 Å². The molecule has 3 nitrogen and oxygen atoms in total. The van der Waals surface area contributed by atoms with Gasteiger partial charge in [0, 0.05) is 6.61 Å². The maximum absolute atomic E-state index is 11.2. The third-order valence-electron chi connectivity index (χ3n) is 3.97. The second kappa shape index (κ2) is 14.8. The zero-order valence-electron chi connectivity index (χ0n) is 13.3. The number of aliphatic carboxylic acids is 1. The van der Waals surface area contributed by atoms with E-state index in [0.717, 1.165) is 44.9 Å². The van der Waals surface area contributed by atoms with Crippen LogP contribution in [0.5, 0.6) is 0 Å². The van der Waals surface area contributed by atoms with Gasteiger partial charge in [-0.3, -0.25) is 4.79 Å². The number of carboxylic acid groups (broad SMARTS) is 1. The maximum Gasteiger partial charge on any atom is 0.306 e. The van der Waals surface area contributed by atoms with Gasteiger partial charge in [-0.15, -0.1) is 0 Å². The summed E-state index contributed by atoms with van der Waals surface area (Å²) in [6.45, 7) is 2.48.